The number of carbonyl (C=O) groups is 1. The number of halogens is 1. The quantitative estimate of drug-likeness (QED) is 0.796. The molecule has 0 aliphatic heterocycles. The van der Waals surface area contributed by atoms with Gasteiger partial charge in [-0.3, -0.25) is 0 Å². The standard InChI is InChI=1S/C7H8ClN3O2/c1-5(2-8)3-11-4-9-6(10-11)7(12)13/h2,4H,3H2,1H3,(H,12,13)/b5-2+. The highest BCUT2D eigenvalue weighted by Gasteiger charge is 2.08. The van der Waals surface area contributed by atoms with Crippen LogP contribution in [0.3, 0.4) is 0 Å². The molecule has 13 heavy (non-hydrogen) atoms. The van der Waals surface area contributed by atoms with Gasteiger partial charge in [-0.1, -0.05) is 11.6 Å². The summed E-state index contributed by atoms with van der Waals surface area (Å²) in [5.74, 6) is -1.34. The van der Waals surface area contributed by atoms with Crippen molar-refractivity contribution in [3.63, 3.8) is 0 Å². The van der Waals surface area contributed by atoms with Crippen molar-refractivity contribution in [1.29, 1.82) is 0 Å². The van der Waals surface area contributed by atoms with Gasteiger partial charge in [0, 0.05) is 5.54 Å². The van der Waals surface area contributed by atoms with E-state index < -0.39 is 5.97 Å². The molecule has 0 fully saturated rings. The van der Waals surface area contributed by atoms with Gasteiger partial charge in [0.1, 0.15) is 6.33 Å². The Balaban J connectivity index is 2.75. The Hall–Kier alpha value is -1.36. The molecule has 0 spiro atoms. The number of carboxylic acids is 1. The third kappa shape index (κ3) is 2.55. The maximum absolute atomic E-state index is 10.4. The van der Waals surface area contributed by atoms with Crippen LogP contribution in [0, 0.1) is 0 Å². The number of hydrogen-bond donors (Lipinski definition) is 1. The third-order valence-corrected chi connectivity index (χ3v) is 1.70. The first-order valence-electron chi connectivity index (χ1n) is 3.52. The Morgan fingerprint density at radius 1 is 1.85 bits per heavy atom. The van der Waals surface area contributed by atoms with Crippen molar-refractivity contribution in [2.45, 2.75) is 13.5 Å². The number of carboxylic acid groups (broad SMARTS) is 1. The van der Waals surface area contributed by atoms with Crippen molar-refractivity contribution in [3.8, 4) is 0 Å². The average Bonchev–Trinajstić information content (AvgIpc) is 2.52. The minimum Gasteiger partial charge on any atom is -0.475 e. The van der Waals surface area contributed by atoms with E-state index in [9.17, 15) is 4.79 Å². The molecule has 1 rings (SSSR count). The molecule has 0 aliphatic rings. The molecule has 1 aromatic rings. The van der Waals surface area contributed by atoms with Crippen LogP contribution in [0.25, 0.3) is 0 Å². The molecular weight excluding hydrogens is 194 g/mol. The zero-order valence-electron chi connectivity index (χ0n) is 6.94. The van der Waals surface area contributed by atoms with E-state index in [0.29, 0.717) is 6.54 Å². The molecule has 0 saturated carbocycles. The zero-order valence-corrected chi connectivity index (χ0v) is 7.69. The van der Waals surface area contributed by atoms with Crippen LogP contribution < -0.4 is 0 Å². The van der Waals surface area contributed by atoms with Crippen molar-refractivity contribution in [3.05, 3.63) is 23.3 Å². The second-order valence-electron chi connectivity index (χ2n) is 2.53. The Labute approximate surface area is 79.7 Å². The lowest BCUT2D eigenvalue weighted by Crippen LogP contribution is -2.03. The van der Waals surface area contributed by atoms with Crippen LogP contribution in [0.1, 0.15) is 17.5 Å². The van der Waals surface area contributed by atoms with Gasteiger partial charge in [0.15, 0.2) is 0 Å². The lowest BCUT2D eigenvalue weighted by molar-refractivity contribution is 0.0683. The predicted octanol–water partition coefficient (Wildman–Crippen LogP) is 1.12. The van der Waals surface area contributed by atoms with Gasteiger partial charge in [-0.25, -0.2) is 14.5 Å². The molecule has 0 amide bonds. The monoisotopic (exact) mass is 201 g/mol. The molecule has 0 aromatic carbocycles. The summed E-state index contributed by atoms with van der Waals surface area (Å²) in [5.41, 5.74) is 2.30. The number of aromatic carboxylic acids is 1. The van der Waals surface area contributed by atoms with Crippen LogP contribution in [0.5, 0.6) is 0 Å². The second-order valence-corrected chi connectivity index (χ2v) is 2.74. The fraction of sp³-hybridized carbons (Fsp3) is 0.286. The highest BCUT2D eigenvalue weighted by Crippen LogP contribution is 1.99. The van der Waals surface area contributed by atoms with Gasteiger partial charge in [-0.05, 0) is 12.5 Å². The largest absolute Gasteiger partial charge is 0.475 e. The van der Waals surface area contributed by atoms with E-state index in [1.807, 2.05) is 6.92 Å². The van der Waals surface area contributed by atoms with Gasteiger partial charge >= 0.3 is 5.97 Å². The van der Waals surface area contributed by atoms with Crippen molar-refractivity contribution in [2.24, 2.45) is 0 Å². The lowest BCUT2D eigenvalue weighted by Gasteiger charge is -1.97. The fourth-order valence-corrected chi connectivity index (χ4v) is 0.828. The molecule has 1 aromatic heterocycles. The molecule has 6 heteroatoms. The van der Waals surface area contributed by atoms with Gasteiger partial charge in [0.2, 0.25) is 0 Å². The number of aromatic nitrogens is 3. The fourth-order valence-electron chi connectivity index (χ4n) is 0.759. The molecule has 0 unspecified atom stereocenters. The molecule has 0 atom stereocenters. The van der Waals surface area contributed by atoms with E-state index in [1.54, 1.807) is 0 Å². The van der Waals surface area contributed by atoms with E-state index in [-0.39, 0.29) is 5.82 Å². The topological polar surface area (TPSA) is 68.0 Å². The summed E-state index contributed by atoms with van der Waals surface area (Å²) in [6, 6.07) is 0. The van der Waals surface area contributed by atoms with Crippen LogP contribution in [0.2, 0.25) is 0 Å². The van der Waals surface area contributed by atoms with Gasteiger partial charge in [0.25, 0.3) is 5.82 Å². The van der Waals surface area contributed by atoms with Crippen LogP contribution in [0.15, 0.2) is 17.4 Å². The van der Waals surface area contributed by atoms with Crippen molar-refractivity contribution < 1.29 is 9.90 Å². The van der Waals surface area contributed by atoms with E-state index in [1.165, 1.54) is 16.5 Å². The molecule has 70 valence electrons. The summed E-state index contributed by atoms with van der Waals surface area (Å²) in [6.07, 6.45) is 1.35. The molecule has 0 bridgehead atoms. The Bertz CT molecular complexity index is 345. The predicted molar refractivity (Wildman–Crippen MR) is 46.6 cm³/mol. The highest BCUT2D eigenvalue weighted by atomic mass is 35.5. The SMILES string of the molecule is C/C(=C\Cl)Cn1cnc(C(=O)O)n1. The van der Waals surface area contributed by atoms with E-state index in [0.717, 1.165) is 5.57 Å². The van der Waals surface area contributed by atoms with Gasteiger partial charge in [0.05, 0.1) is 6.54 Å². The highest BCUT2D eigenvalue weighted by molar-refractivity contribution is 6.25. The summed E-state index contributed by atoms with van der Waals surface area (Å²) in [7, 11) is 0. The molecule has 0 aliphatic carbocycles. The molecule has 1 N–H and O–H groups in total. The summed E-state index contributed by atoms with van der Waals surface area (Å²) in [5, 5.41) is 12.2. The minimum absolute atomic E-state index is 0.206. The summed E-state index contributed by atoms with van der Waals surface area (Å²) in [6.45, 7) is 2.26. The molecule has 0 saturated heterocycles. The van der Waals surface area contributed by atoms with Crippen LogP contribution in [-0.2, 0) is 6.54 Å². The molecule has 5 nitrogen and oxygen atoms in total. The third-order valence-electron chi connectivity index (χ3n) is 1.33. The smallest absolute Gasteiger partial charge is 0.375 e. The lowest BCUT2D eigenvalue weighted by atomic mass is 10.4. The molecule has 1 heterocycles. The maximum Gasteiger partial charge on any atom is 0.375 e. The minimum atomic E-state index is -1.13. The van der Waals surface area contributed by atoms with E-state index in [4.69, 9.17) is 16.7 Å². The van der Waals surface area contributed by atoms with Gasteiger partial charge < -0.3 is 5.11 Å². The summed E-state index contributed by atoms with van der Waals surface area (Å²) < 4.78 is 1.41. The molecular formula is C7H8ClN3O2. The van der Waals surface area contributed by atoms with E-state index in [2.05, 4.69) is 10.1 Å². The molecule has 0 radical (unpaired) electrons. The summed E-state index contributed by atoms with van der Waals surface area (Å²) >= 11 is 5.43. The first-order chi connectivity index (χ1) is 6.13. The first-order valence-corrected chi connectivity index (χ1v) is 3.95. The van der Waals surface area contributed by atoms with Crippen molar-refractivity contribution in [1.82, 2.24) is 14.8 Å². The maximum atomic E-state index is 10.4. The average molecular weight is 202 g/mol. The van der Waals surface area contributed by atoms with Gasteiger partial charge in [-0.15, -0.1) is 5.10 Å². The second kappa shape index (κ2) is 4.04. The Kier molecular flexibility index (Phi) is 3.02. The number of allylic oxidation sites excluding steroid dienone is 1. The van der Waals surface area contributed by atoms with Crippen molar-refractivity contribution in [2.75, 3.05) is 0 Å². The van der Waals surface area contributed by atoms with Crippen LogP contribution in [0.4, 0.5) is 0 Å². The number of nitrogens with zero attached hydrogens (tertiary/aromatic N) is 3. The Morgan fingerprint density at radius 3 is 3.00 bits per heavy atom. The van der Waals surface area contributed by atoms with Crippen molar-refractivity contribution >= 4 is 17.6 Å². The van der Waals surface area contributed by atoms with E-state index >= 15 is 0 Å². The van der Waals surface area contributed by atoms with Crippen LogP contribution >= 0.6 is 11.6 Å². The number of hydrogen-bond acceptors (Lipinski definition) is 3. The number of rotatable bonds is 3. The normalized spacial score (nSPS) is 11.7. The Morgan fingerprint density at radius 2 is 2.54 bits per heavy atom. The zero-order chi connectivity index (χ0) is 9.84. The first kappa shape index (κ1) is 9.73. The van der Waals surface area contributed by atoms with Gasteiger partial charge in [-0.2, -0.15) is 0 Å². The summed E-state index contributed by atoms with van der Waals surface area (Å²) in [4.78, 5) is 14.0. The van der Waals surface area contributed by atoms with Crippen LogP contribution in [-0.4, -0.2) is 25.8 Å².